The molecule has 3 aromatic rings. The summed E-state index contributed by atoms with van der Waals surface area (Å²) in [4.78, 5) is 12.1. The highest BCUT2D eigenvalue weighted by Crippen LogP contribution is 2.49. The fourth-order valence-electron chi connectivity index (χ4n) is 3.86. The Kier molecular flexibility index (Phi) is 4.21. The average Bonchev–Trinajstić information content (AvgIpc) is 3.42. The van der Waals surface area contributed by atoms with Gasteiger partial charge in [-0.3, -0.25) is 10.1 Å². The van der Waals surface area contributed by atoms with Crippen LogP contribution < -0.4 is 9.47 Å². The Bertz CT molecular complexity index is 1110. The topological polar surface area (TPSA) is 77.2 Å². The summed E-state index contributed by atoms with van der Waals surface area (Å²) in [5, 5.41) is 20.2. The van der Waals surface area contributed by atoms with E-state index in [4.69, 9.17) is 14.6 Å². The third kappa shape index (κ3) is 2.92. The molecule has 0 aliphatic carbocycles. The lowest BCUT2D eigenvalue weighted by atomic mass is 9.97. The normalized spacial score (nSPS) is 19.8. The molecule has 0 N–H and O–H groups in total. The molecule has 2 aromatic carbocycles. The van der Waals surface area contributed by atoms with Gasteiger partial charge in [0.1, 0.15) is 11.5 Å². The maximum absolute atomic E-state index is 11.4. The number of hydrogen-bond acceptors (Lipinski definition) is 7. The van der Waals surface area contributed by atoms with Crippen molar-refractivity contribution < 1.29 is 14.4 Å². The van der Waals surface area contributed by atoms with Crippen molar-refractivity contribution in [2.75, 3.05) is 7.11 Å². The van der Waals surface area contributed by atoms with Crippen LogP contribution in [0.5, 0.6) is 11.5 Å². The largest absolute Gasteiger partial charge is 0.496 e. The SMILES string of the molecule is COc1ccc([N+](=O)[O-])cc1[C@@H]1Oc2ccccc2[C@H]2CC(c3cccs3)=NN21. The summed E-state index contributed by atoms with van der Waals surface area (Å²) < 4.78 is 11.8. The average molecular weight is 407 g/mol. The van der Waals surface area contributed by atoms with Gasteiger partial charge in [0.05, 0.1) is 34.2 Å². The van der Waals surface area contributed by atoms with Gasteiger partial charge >= 0.3 is 0 Å². The van der Waals surface area contributed by atoms with Gasteiger partial charge in [-0.15, -0.1) is 11.3 Å². The summed E-state index contributed by atoms with van der Waals surface area (Å²) in [6.07, 6.45) is 0.122. The van der Waals surface area contributed by atoms with Gasteiger partial charge in [-0.05, 0) is 23.6 Å². The molecule has 29 heavy (non-hydrogen) atoms. The molecule has 0 saturated heterocycles. The molecule has 5 rings (SSSR count). The van der Waals surface area contributed by atoms with Crippen molar-refractivity contribution in [1.29, 1.82) is 0 Å². The van der Waals surface area contributed by atoms with E-state index >= 15 is 0 Å². The lowest BCUT2D eigenvalue weighted by Crippen LogP contribution is -2.34. The summed E-state index contributed by atoms with van der Waals surface area (Å²) >= 11 is 1.65. The molecule has 2 aliphatic rings. The lowest BCUT2D eigenvalue weighted by Gasteiger charge is -2.38. The summed E-state index contributed by atoms with van der Waals surface area (Å²) in [5.74, 6) is 1.29. The lowest BCUT2D eigenvalue weighted by molar-refractivity contribution is -0.385. The van der Waals surface area contributed by atoms with Crippen LogP contribution in [-0.2, 0) is 0 Å². The standard InChI is InChI=1S/C21H17N3O4S/c1-27-18-9-8-13(24(25)26)11-15(18)21-23-17(14-5-2-3-6-19(14)28-21)12-16(22-23)20-7-4-10-29-20/h2-11,17,21H,12H2,1H3/t17-,21+/m1/s1. The van der Waals surface area contributed by atoms with Crippen LogP contribution in [0, 0.1) is 10.1 Å². The minimum Gasteiger partial charge on any atom is -0.496 e. The number of thiophene rings is 1. The second-order valence-corrected chi connectivity index (χ2v) is 7.76. The van der Waals surface area contributed by atoms with Crippen molar-refractivity contribution in [1.82, 2.24) is 5.01 Å². The van der Waals surface area contributed by atoms with E-state index < -0.39 is 11.2 Å². The Balaban J connectivity index is 1.65. The number of hydrazone groups is 1. The number of nitrogens with zero attached hydrogens (tertiary/aromatic N) is 3. The van der Waals surface area contributed by atoms with Crippen molar-refractivity contribution >= 4 is 22.7 Å². The molecule has 2 aliphatic heterocycles. The molecule has 0 saturated carbocycles. The number of fused-ring (bicyclic) bond motifs is 3. The number of ether oxygens (including phenoxy) is 2. The predicted octanol–water partition coefficient (Wildman–Crippen LogP) is 4.91. The first kappa shape index (κ1) is 17.7. The number of nitro benzene ring substituents is 1. The van der Waals surface area contributed by atoms with E-state index in [0.717, 1.165) is 28.3 Å². The molecule has 0 fully saturated rings. The Morgan fingerprint density at radius 1 is 1.21 bits per heavy atom. The van der Waals surface area contributed by atoms with Crippen LogP contribution in [0.4, 0.5) is 5.69 Å². The molecule has 8 heteroatoms. The molecule has 3 heterocycles. The third-order valence-corrected chi connectivity index (χ3v) is 6.11. The number of hydrogen-bond donors (Lipinski definition) is 0. The zero-order valence-electron chi connectivity index (χ0n) is 15.5. The molecule has 0 unspecified atom stereocenters. The van der Waals surface area contributed by atoms with E-state index in [-0.39, 0.29) is 11.7 Å². The number of para-hydroxylation sites is 1. The van der Waals surface area contributed by atoms with Gasteiger partial charge in [0, 0.05) is 24.1 Å². The molecular formula is C21H17N3O4S. The van der Waals surface area contributed by atoms with E-state index in [0.29, 0.717) is 11.3 Å². The van der Waals surface area contributed by atoms with Crippen molar-refractivity contribution in [2.45, 2.75) is 18.7 Å². The van der Waals surface area contributed by atoms with Crippen LogP contribution in [-0.4, -0.2) is 22.8 Å². The summed E-state index contributed by atoms with van der Waals surface area (Å²) in [7, 11) is 1.54. The molecule has 0 amide bonds. The fraction of sp³-hybridized carbons (Fsp3) is 0.190. The molecule has 1 aromatic heterocycles. The maximum Gasteiger partial charge on any atom is 0.270 e. The molecule has 0 bridgehead atoms. The van der Waals surface area contributed by atoms with E-state index in [9.17, 15) is 10.1 Å². The van der Waals surface area contributed by atoms with Crippen molar-refractivity contribution in [3.63, 3.8) is 0 Å². The second kappa shape index (κ2) is 6.89. The van der Waals surface area contributed by atoms with E-state index in [1.165, 1.54) is 12.1 Å². The smallest absolute Gasteiger partial charge is 0.270 e. The van der Waals surface area contributed by atoms with Crippen LogP contribution in [0.15, 0.2) is 65.1 Å². The minimum absolute atomic E-state index is 0.00832. The van der Waals surface area contributed by atoms with Crippen molar-refractivity contribution in [3.8, 4) is 11.5 Å². The maximum atomic E-state index is 11.4. The Morgan fingerprint density at radius 3 is 2.83 bits per heavy atom. The van der Waals surface area contributed by atoms with Gasteiger partial charge in [0.25, 0.3) is 5.69 Å². The number of rotatable bonds is 4. The zero-order chi connectivity index (χ0) is 20.0. The number of non-ortho nitro benzene ring substituents is 1. The van der Waals surface area contributed by atoms with Crippen LogP contribution in [0.1, 0.15) is 34.7 Å². The van der Waals surface area contributed by atoms with Crippen LogP contribution in [0.2, 0.25) is 0 Å². The number of nitro groups is 1. The third-order valence-electron chi connectivity index (χ3n) is 5.19. The number of methoxy groups -OCH3 is 1. The monoisotopic (exact) mass is 407 g/mol. The first-order chi connectivity index (χ1) is 14.2. The van der Waals surface area contributed by atoms with Crippen LogP contribution in [0.3, 0.4) is 0 Å². The molecule has 7 nitrogen and oxygen atoms in total. The Hall–Kier alpha value is -3.39. The van der Waals surface area contributed by atoms with E-state index in [2.05, 4.69) is 6.07 Å². The van der Waals surface area contributed by atoms with Gasteiger partial charge in [0.15, 0.2) is 0 Å². The second-order valence-electron chi connectivity index (χ2n) is 6.82. The van der Waals surface area contributed by atoms with Crippen LogP contribution >= 0.6 is 11.3 Å². The highest BCUT2D eigenvalue weighted by Gasteiger charge is 2.42. The van der Waals surface area contributed by atoms with Gasteiger partial charge in [-0.25, -0.2) is 5.01 Å². The summed E-state index contributed by atoms with van der Waals surface area (Å²) in [5.41, 5.74) is 2.61. The van der Waals surface area contributed by atoms with E-state index in [1.807, 2.05) is 40.7 Å². The summed E-state index contributed by atoms with van der Waals surface area (Å²) in [6, 6.07) is 16.5. The Labute approximate surface area is 171 Å². The minimum atomic E-state index is -0.623. The van der Waals surface area contributed by atoms with Gasteiger partial charge in [-0.1, -0.05) is 24.3 Å². The van der Waals surface area contributed by atoms with Gasteiger partial charge in [-0.2, -0.15) is 5.10 Å². The quantitative estimate of drug-likeness (QED) is 0.454. The Morgan fingerprint density at radius 2 is 2.07 bits per heavy atom. The molecule has 146 valence electrons. The van der Waals surface area contributed by atoms with Crippen molar-refractivity contribution in [2.24, 2.45) is 5.10 Å². The van der Waals surface area contributed by atoms with Gasteiger partial charge < -0.3 is 9.47 Å². The van der Waals surface area contributed by atoms with Crippen LogP contribution in [0.25, 0.3) is 0 Å². The molecule has 2 atom stereocenters. The summed E-state index contributed by atoms with van der Waals surface area (Å²) in [6.45, 7) is 0. The predicted molar refractivity (Wildman–Crippen MR) is 110 cm³/mol. The molecule has 0 spiro atoms. The zero-order valence-corrected chi connectivity index (χ0v) is 16.3. The number of benzene rings is 2. The van der Waals surface area contributed by atoms with E-state index in [1.54, 1.807) is 24.5 Å². The fourth-order valence-corrected chi connectivity index (χ4v) is 4.58. The molecular weight excluding hydrogens is 390 g/mol. The van der Waals surface area contributed by atoms with Gasteiger partial charge in [0.2, 0.25) is 6.23 Å². The first-order valence-corrected chi connectivity index (χ1v) is 10.0. The van der Waals surface area contributed by atoms with Crippen molar-refractivity contribution in [3.05, 3.63) is 86.1 Å². The highest BCUT2D eigenvalue weighted by atomic mass is 32.1. The first-order valence-electron chi connectivity index (χ1n) is 9.13. The molecule has 0 radical (unpaired) electrons. The highest BCUT2D eigenvalue weighted by molar-refractivity contribution is 7.12.